The van der Waals surface area contributed by atoms with Gasteiger partial charge >= 0.3 is 0 Å². The molecule has 0 aliphatic carbocycles. The van der Waals surface area contributed by atoms with Crippen LogP contribution in [0.1, 0.15) is 25.3 Å². The molecule has 0 radical (unpaired) electrons. The predicted octanol–water partition coefficient (Wildman–Crippen LogP) is 2.58. The molecule has 1 aromatic rings. The molecule has 3 nitrogen and oxygen atoms in total. The lowest BCUT2D eigenvalue weighted by atomic mass is 9.95. The van der Waals surface area contributed by atoms with Crippen LogP contribution >= 0.6 is 15.9 Å². The molecule has 0 saturated carbocycles. The molecule has 0 aromatic heterocycles. The van der Waals surface area contributed by atoms with Gasteiger partial charge in [-0.25, -0.2) is 0 Å². The summed E-state index contributed by atoms with van der Waals surface area (Å²) in [5.74, 6) is 0.315. The minimum atomic E-state index is 0.0593. The van der Waals surface area contributed by atoms with Crippen LogP contribution in [0.2, 0.25) is 0 Å². The molecule has 1 aliphatic rings. The van der Waals surface area contributed by atoms with Crippen molar-refractivity contribution in [2.24, 2.45) is 11.7 Å². The van der Waals surface area contributed by atoms with Crippen LogP contribution in [0.4, 0.5) is 0 Å². The second-order valence-electron chi connectivity index (χ2n) is 5.23. The number of amides is 1. The summed E-state index contributed by atoms with van der Waals surface area (Å²) in [4.78, 5) is 14.4. The van der Waals surface area contributed by atoms with Crippen molar-refractivity contribution in [3.8, 4) is 0 Å². The quantitative estimate of drug-likeness (QED) is 0.925. The lowest BCUT2D eigenvalue weighted by molar-refractivity contribution is -0.134. The Balaban J connectivity index is 2.04. The van der Waals surface area contributed by atoms with Crippen molar-refractivity contribution in [2.45, 2.75) is 32.2 Å². The van der Waals surface area contributed by atoms with Crippen molar-refractivity contribution >= 4 is 21.8 Å². The maximum Gasteiger partial charge on any atom is 0.226 e. The van der Waals surface area contributed by atoms with Gasteiger partial charge in [-0.1, -0.05) is 41.1 Å². The van der Waals surface area contributed by atoms with Gasteiger partial charge in [-0.2, -0.15) is 0 Å². The van der Waals surface area contributed by atoms with Crippen LogP contribution in [0.15, 0.2) is 28.7 Å². The number of halogens is 1. The third-order valence-electron chi connectivity index (χ3n) is 3.80. The maximum absolute atomic E-state index is 12.5. The zero-order chi connectivity index (χ0) is 13.8. The van der Waals surface area contributed by atoms with Gasteiger partial charge in [-0.15, -0.1) is 0 Å². The number of hydrogen-bond acceptors (Lipinski definition) is 2. The van der Waals surface area contributed by atoms with Crippen molar-refractivity contribution in [1.82, 2.24) is 4.90 Å². The lowest BCUT2D eigenvalue weighted by Gasteiger charge is -2.23. The molecule has 2 atom stereocenters. The highest BCUT2D eigenvalue weighted by Crippen LogP contribution is 2.23. The first-order chi connectivity index (χ1) is 9.11. The second kappa shape index (κ2) is 6.53. The zero-order valence-electron chi connectivity index (χ0n) is 11.3. The molecule has 1 aliphatic heterocycles. The van der Waals surface area contributed by atoms with E-state index >= 15 is 0 Å². The number of rotatable bonds is 4. The van der Waals surface area contributed by atoms with Gasteiger partial charge in [0.15, 0.2) is 0 Å². The summed E-state index contributed by atoms with van der Waals surface area (Å²) < 4.78 is 1.08. The standard InChI is InChI=1S/C15H21BrN2O/c1-2-11(9-12-5-3-4-6-14(12)16)15(19)18-8-7-13(17)10-18/h3-6,11,13H,2,7-10,17H2,1H3/t11-,13-/m0/s1. The molecule has 1 aromatic carbocycles. The Morgan fingerprint density at radius 2 is 2.26 bits per heavy atom. The molecule has 0 bridgehead atoms. The van der Waals surface area contributed by atoms with Crippen LogP contribution in [0.5, 0.6) is 0 Å². The molecule has 1 heterocycles. The third kappa shape index (κ3) is 3.57. The predicted molar refractivity (Wildman–Crippen MR) is 80.8 cm³/mol. The van der Waals surface area contributed by atoms with Gasteiger partial charge in [0, 0.05) is 29.5 Å². The number of nitrogens with zero attached hydrogens (tertiary/aromatic N) is 1. The monoisotopic (exact) mass is 324 g/mol. The molecule has 2 rings (SSSR count). The van der Waals surface area contributed by atoms with Gasteiger partial charge in [0.05, 0.1) is 0 Å². The van der Waals surface area contributed by atoms with Gasteiger partial charge in [0.25, 0.3) is 0 Å². The van der Waals surface area contributed by atoms with E-state index in [0.29, 0.717) is 6.54 Å². The average molecular weight is 325 g/mol. The van der Waals surface area contributed by atoms with Gasteiger partial charge in [-0.05, 0) is 30.9 Å². The SMILES string of the molecule is CC[C@@H](Cc1ccccc1Br)C(=O)N1CC[C@H](N)C1. The van der Waals surface area contributed by atoms with E-state index in [2.05, 4.69) is 28.9 Å². The van der Waals surface area contributed by atoms with Crippen molar-refractivity contribution < 1.29 is 4.79 Å². The maximum atomic E-state index is 12.5. The molecular weight excluding hydrogens is 304 g/mol. The summed E-state index contributed by atoms with van der Waals surface area (Å²) in [6.07, 6.45) is 2.59. The Kier molecular flexibility index (Phi) is 4.99. The Morgan fingerprint density at radius 1 is 1.53 bits per heavy atom. The van der Waals surface area contributed by atoms with E-state index in [-0.39, 0.29) is 17.9 Å². The third-order valence-corrected chi connectivity index (χ3v) is 4.58. The highest BCUT2D eigenvalue weighted by atomic mass is 79.9. The number of carbonyl (C=O) groups is 1. The summed E-state index contributed by atoms with van der Waals surface area (Å²) in [6, 6.07) is 8.28. The van der Waals surface area contributed by atoms with Gasteiger partial charge in [0.1, 0.15) is 0 Å². The van der Waals surface area contributed by atoms with Crippen LogP contribution in [0.25, 0.3) is 0 Å². The molecule has 104 valence electrons. The van der Waals surface area contributed by atoms with Gasteiger partial charge in [-0.3, -0.25) is 4.79 Å². The van der Waals surface area contributed by atoms with Crippen molar-refractivity contribution in [1.29, 1.82) is 0 Å². The molecule has 1 amide bonds. The lowest BCUT2D eigenvalue weighted by Crippen LogP contribution is -2.37. The van der Waals surface area contributed by atoms with Crippen LogP contribution in [0, 0.1) is 5.92 Å². The first-order valence-electron chi connectivity index (χ1n) is 6.89. The van der Waals surface area contributed by atoms with Crippen LogP contribution in [-0.2, 0) is 11.2 Å². The van der Waals surface area contributed by atoms with E-state index in [1.165, 1.54) is 5.56 Å². The fourth-order valence-corrected chi connectivity index (χ4v) is 3.03. The Hall–Kier alpha value is -0.870. The first kappa shape index (κ1) is 14.5. The van der Waals surface area contributed by atoms with E-state index < -0.39 is 0 Å². The van der Waals surface area contributed by atoms with Gasteiger partial charge in [0.2, 0.25) is 5.91 Å². The minimum absolute atomic E-state index is 0.0593. The summed E-state index contributed by atoms with van der Waals surface area (Å²) >= 11 is 3.55. The normalized spacial score (nSPS) is 20.6. The molecule has 2 N–H and O–H groups in total. The number of benzene rings is 1. The van der Waals surface area contributed by atoms with Crippen molar-refractivity contribution in [3.63, 3.8) is 0 Å². The summed E-state index contributed by atoms with van der Waals surface area (Å²) in [5.41, 5.74) is 7.08. The second-order valence-corrected chi connectivity index (χ2v) is 6.09. The number of likely N-dealkylation sites (tertiary alicyclic amines) is 1. The molecule has 1 saturated heterocycles. The first-order valence-corrected chi connectivity index (χ1v) is 7.69. The van der Waals surface area contributed by atoms with E-state index in [1.807, 2.05) is 23.1 Å². The summed E-state index contributed by atoms with van der Waals surface area (Å²) in [5, 5.41) is 0. The van der Waals surface area contributed by atoms with Crippen LogP contribution in [-0.4, -0.2) is 29.9 Å². The summed E-state index contributed by atoms with van der Waals surface area (Å²) in [6.45, 7) is 3.60. The minimum Gasteiger partial charge on any atom is -0.341 e. The Bertz CT molecular complexity index is 450. The zero-order valence-corrected chi connectivity index (χ0v) is 12.9. The molecule has 19 heavy (non-hydrogen) atoms. The van der Waals surface area contributed by atoms with Gasteiger partial charge < -0.3 is 10.6 Å². The summed E-state index contributed by atoms with van der Waals surface area (Å²) in [7, 11) is 0. The van der Waals surface area contributed by atoms with Crippen molar-refractivity contribution in [3.05, 3.63) is 34.3 Å². The number of nitrogens with two attached hydrogens (primary N) is 1. The van der Waals surface area contributed by atoms with E-state index in [0.717, 1.165) is 30.3 Å². The van der Waals surface area contributed by atoms with E-state index in [4.69, 9.17) is 5.73 Å². The smallest absolute Gasteiger partial charge is 0.226 e. The topological polar surface area (TPSA) is 46.3 Å². The fourth-order valence-electron chi connectivity index (χ4n) is 2.58. The van der Waals surface area contributed by atoms with E-state index in [1.54, 1.807) is 0 Å². The molecule has 4 heteroatoms. The largest absolute Gasteiger partial charge is 0.341 e. The highest BCUT2D eigenvalue weighted by Gasteiger charge is 2.28. The molecule has 0 unspecified atom stereocenters. The van der Waals surface area contributed by atoms with Crippen molar-refractivity contribution in [2.75, 3.05) is 13.1 Å². The molecular formula is C15H21BrN2O. The number of hydrogen-bond donors (Lipinski definition) is 1. The van der Waals surface area contributed by atoms with E-state index in [9.17, 15) is 4.79 Å². The molecule has 0 spiro atoms. The highest BCUT2D eigenvalue weighted by molar-refractivity contribution is 9.10. The van der Waals surface area contributed by atoms with Crippen LogP contribution < -0.4 is 5.73 Å². The molecule has 1 fully saturated rings. The van der Waals surface area contributed by atoms with Crippen LogP contribution in [0.3, 0.4) is 0 Å². The number of carbonyl (C=O) groups excluding carboxylic acids is 1. The Labute approximate surface area is 123 Å². The Morgan fingerprint density at radius 3 is 2.84 bits per heavy atom. The average Bonchev–Trinajstić information content (AvgIpc) is 2.84. The fraction of sp³-hybridized carbons (Fsp3) is 0.533.